The molecular weight excluding hydrogens is 1100 g/mol. The van der Waals surface area contributed by atoms with Crippen molar-refractivity contribution >= 4 is 40.5 Å². The maximum atomic E-state index is 12.4. The highest BCUT2D eigenvalue weighted by Gasteiger charge is 2.44. The van der Waals surface area contributed by atoms with Gasteiger partial charge in [-0.15, -0.1) is 20.4 Å². The van der Waals surface area contributed by atoms with Gasteiger partial charge in [0.15, 0.2) is 11.6 Å². The van der Waals surface area contributed by atoms with Gasteiger partial charge in [-0.1, -0.05) is 24.3 Å². The van der Waals surface area contributed by atoms with Crippen LogP contribution in [0.15, 0.2) is 97.3 Å². The summed E-state index contributed by atoms with van der Waals surface area (Å²) in [6, 6.07) is 27.9. The van der Waals surface area contributed by atoms with Gasteiger partial charge in [0.05, 0.1) is 47.2 Å². The number of fused-ring (bicyclic) bond motifs is 4. The molecule has 6 aliphatic heterocycles. The van der Waals surface area contributed by atoms with Crippen molar-refractivity contribution < 1.29 is 38.7 Å². The van der Waals surface area contributed by atoms with E-state index in [1.165, 1.54) is 0 Å². The first-order valence-corrected chi connectivity index (χ1v) is 31.3. The number of phenolic OH excluding ortho intramolecular Hbond substituents is 2. The van der Waals surface area contributed by atoms with Crippen molar-refractivity contribution in [3.05, 3.63) is 97.3 Å². The number of carbonyl (C=O) groups is 1. The van der Waals surface area contributed by atoms with Crippen LogP contribution in [0.5, 0.6) is 23.3 Å². The van der Waals surface area contributed by atoms with Crippen LogP contribution in [-0.4, -0.2) is 170 Å². The van der Waals surface area contributed by atoms with E-state index in [9.17, 15) is 15.0 Å². The summed E-state index contributed by atoms with van der Waals surface area (Å²) in [5.41, 5.74) is 18.7. The molecule has 0 spiro atoms. The second-order valence-corrected chi connectivity index (χ2v) is 25.7. The lowest BCUT2D eigenvalue weighted by molar-refractivity contribution is -0.110. The average Bonchev–Trinajstić information content (AvgIpc) is 1.79. The molecule has 4 unspecified atom stereocenters. The van der Waals surface area contributed by atoms with Crippen LogP contribution in [0.25, 0.3) is 22.5 Å². The highest BCUT2D eigenvalue weighted by molar-refractivity contribution is 5.76. The number of rotatable bonds is 14. The van der Waals surface area contributed by atoms with Crippen molar-refractivity contribution in [3.8, 4) is 45.8 Å². The number of nitrogen functional groups attached to an aromatic ring is 2. The number of nitrogens with zero attached hydrogens (tertiary/aromatic N) is 11. The molecule has 10 heterocycles. The third kappa shape index (κ3) is 13.2. The zero-order chi connectivity index (χ0) is 59.8. The van der Waals surface area contributed by atoms with Crippen molar-refractivity contribution in [2.75, 3.05) is 83.4 Å². The second-order valence-electron chi connectivity index (χ2n) is 25.7. The zero-order valence-corrected chi connectivity index (χ0v) is 50.1. The SMILES string of the molecule is CC(C)(C)OC(=O)N1CCC(OC2CC(Oc3cc(N4C5CCC4CN(c4cc(-c6ccccc6O)nnc4N)C5)ccn3)C2)CC1.Nc1nnc(-c2ccccc2O)cc1N1CC2CCC(C1)N2c1ccnc(OC2CC(OC3CCNCC3)C2)c1. The van der Waals surface area contributed by atoms with Crippen molar-refractivity contribution in [2.45, 2.75) is 164 Å². The molecule has 22 nitrogen and oxygen atoms in total. The Balaban J connectivity index is 0.000000163. The predicted octanol–water partition coefficient (Wildman–Crippen LogP) is 8.37. The van der Waals surface area contributed by atoms with E-state index in [0.29, 0.717) is 95.4 Å². The molecule has 0 radical (unpaired) electrons. The van der Waals surface area contributed by atoms with Crippen molar-refractivity contribution in [1.82, 2.24) is 40.6 Å². The van der Waals surface area contributed by atoms with Crippen LogP contribution in [0.4, 0.5) is 39.2 Å². The molecule has 2 aliphatic carbocycles. The predicted molar refractivity (Wildman–Crippen MR) is 332 cm³/mol. The quantitative estimate of drug-likeness (QED) is 0.0686. The number of phenols is 2. The van der Waals surface area contributed by atoms with Crippen LogP contribution in [-0.2, 0) is 14.2 Å². The molecule has 7 N–H and O–H groups in total. The van der Waals surface area contributed by atoms with Crippen molar-refractivity contribution in [2.24, 2.45) is 0 Å². The number of nitrogens with one attached hydrogen (secondary N) is 1. The van der Waals surface area contributed by atoms with Gasteiger partial charge in [-0.05, 0) is 134 Å². The fourth-order valence-electron chi connectivity index (χ4n) is 14.0. The maximum absolute atomic E-state index is 12.4. The Morgan fingerprint density at radius 2 is 0.966 bits per heavy atom. The van der Waals surface area contributed by atoms with E-state index in [4.69, 9.17) is 35.2 Å². The number of hydrogen-bond acceptors (Lipinski definition) is 21. The molecule has 2 saturated carbocycles. The molecule has 1 amide bonds. The summed E-state index contributed by atoms with van der Waals surface area (Å²) in [5.74, 6) is 2.49. The van der Waals surface area contributed by atoms with Crippen molar-refractivity contribution in [1.29, 1.82) is 0 Å². The molecule has 6 saturated heterocycles. The molecule has 14 rings (SSSR count). The van der Waals surface area contributed by atoms with E-state index in [0.717, 1.165) is 139 Å². The molecule has 8 aliphatic rings. The molecule has 2 aromatic carbocycles. The summed E-state index contributed by atoms with van der Waals surface area (Å²) >= 11 is 0. The van der Waals surface area contributed by atoms with Gasteiger partial charge in [-0.25, -0.2) is 14.8 Å². The van der Waals surface area contributed by atoms with E-state index >= 15 is 0 Å². The smallest absolute Gasteiger partial charge is 0.410 e. The number of aromatic nitrogens is 6. The molecule has 6 aromatic rings. The average molecular weight is 1190 g/mol. The number of nitrogens with two attached hydrogens (primary N) is 2. The van der Waals surface area contributed by atoms with Gasteiger partial charge in [-0.2, -0.15) is 0 Å². The van der Waals surface area contributed by atoms with Crippen LogP contribution in [0, 0.1) is 0 Å². The molecule has 22 heteroatoms. The minimum absolute atomic E-state index is 0.0820. The Labute approximate surface area is 508 Å². The zero-order valence-electron chi connectivity index (χ0n) is 50.1. The maximum Gasteiger partial charge on any atom is 0.410 e. The highest BCUT2D eigenvalue weighted by Crippen LogP contribution is 2.43. The third-order valence-electron chi connectivity index (χ3n) is 18.5. The lowest BCUT2D eigenvalue weighted by atomic mass is 9.91. The van der Waals surface area contributed by atoms with Crippen LogP contribution in [0.3, 0.4) is 0 Å². The van der Waals surface area contributed by atoms with Gasteiger partial charge in [0.1, 0.15) is 29.3 Å². The number of carbonyl (C=O) groups excluding carboxylic acids is 1. The Kier molecular flexibility index (Phi) is 16.7. The summed E-state index contributed by atoms with van der Waals surface area (Å²) in [6.07, 6.45) is 16.5. The number of benzene rings is 2. The number of pyridine rings is 2. The number of para-hydroxylation sites is 2. The van der Waals surface area contributed by atoms with E-state index in [-0.39, 0.29) is 42.0 Å². The first kappa shape index (κ1) is 58.1. The first-order chi connectivity index (χ1) is 42.2. The number of likely N-dealkylation sites (tertiary alicyclic amines) is 1. The van der Waals surface area contributed by atoms with Gasteiger partial charge in [0.2, 0.25) is 11.8 Å². The molecule has 87 heavy (non-hydrogen) atoms. The summed E-state index contributed by atoms with van der Waals surface area (Å²) in [6.45, 7) is 12.4. The molecule has 4 aromatic heterocycles. The number of amides is 1. The van der Waals surface area contributed by atoms with Crippen LogP contribution in [0.2, 0.25) is 0 Å². The molecule has 8 fully saturated rings. The number of aromatic hydroxyl groups is 2. The van der Waals surface area contributed by atoms with Crippen LogP contribution < -0.4 is 45.9 Å². The number of hydrogen-bond donors (Lipinski definition) is 5. The molecule has 460 valence electrons. The Morgan fingerprint density at radius 3 is 1.39 bits per heavy atom. The molecular formula is C65H82N14O8. The molecule has 4 atom stereocenters. The summed E-state index contributed by atoms with van der Waals surface area (Å²) in [5, 5.41) is 41.1. The monoisotopic (exact) mass is 1190 g/mol. The number of ether oxygens (including phenoxy) is 5. The van der Waals surface area contributed by atoms with E-state index in [1.54, 1.807) is 29.2 Å². The normalized spacial score (nSPS) is 25.5. The minimum atomic E-state index is -0.484. The Hall–Kier alpha value is -7.95. The Bertz CT molecular complexity index is 3340. The fourth-order valence-corrected chi connectivity index (χ4v) is 14.0. The summed E-state index contributed by atoms with van der Waals surface area (Å²) in [7, 11) is 0. The van der Waals surface area contributed by atoms with E-state index < -0.39 is 5.60 Å². The second kappa shape index (κ2) is 25.0. The first-order valence-electron chi connectivity index (χ1n) is 31.3. The van der Waals surface area contributed by atoms with Crippen LogP contribution >= 0.6 is 0 Å². The Morgan fingerprint density at radius 1 is 0.540 bits per heavy atom. The van der Waals surface area contributed by atoms with E-state index in [2.05, 4.69) is 79.5 Å². The fraction of sp³-hybridized carbons (Fsp3) is 0.523. The topological polar surface area (TPSA) is 261 Å². The van der Waals surface area contributed by atoms with Gasteiger partial charge in [0.25, 0.3) is 0 Å². The largest absolute Gasteiger partial charge is 0.507 e. The highest BCUT2D eigenvalue weighted by atomic mass is 16.6. The van der Waals surface area contributed by atoms with Crippen molar-refractivity contribution in [3.63, 3.8) is 0 Å². The van der Waals surface area contributed by atoms with Gasteiger partial charge >= 0.3 is 6.09 Å². The van der Waals surface area contributed by atoms with Gasteiger partial charge < -0.3 is 75.2 Å². The lowest BCUT2D eigenvalue weighted by Gasteiger charge is -2.43. The lowest BCUT2D eigenvalue weighted by Crippen LogP contribution is -2.54. The van der Waals surface area contributed by atoms with Crippen LogP contribution in [0.1, 0.15) is 97.8 Å². The number of anilines is 6. The van der Waals surface area contributed by atoms with Gasteiger partial charge in [0, 0.05) is 136 Å². The summed E-state index contributed by atoms with van der Waals surface area (Å²) in [4.78, 5) is 32.9. The minimum Gasteiger partial charge on any atom is -0.507 e. The number of piperazine rings is 2. The van der Waals surface area contributed by atoms with E-state index in [1.807, 2.05) is 69.6 Å². The molecule has 4 bridgehead atoms. The standard InChI is InChI=1S/C35H45N7O5.C30H37N7O3/c1-35(2,3)47-34(44)40-14-11-25(12-15-40)45-26-17-27(18-26)46-32-16-22(10-13-37-32)42-23-8-9-24(42)21-41(20-23)30-19-29(38-39-33(30)36)28-6-4-5-7-31(28)43;31-30-27(16-26(34-35-30)25-3-1-2-4-28(25)38)36-17-20-5-6-21(18-36)37(20)19-7-12-33-29(13-19)40-24-14-23(15-24)39-22-8-10-32-11-9-22/h4-7,10,13,16,19,23-27,43H,8-9,11-12,14-15,17-18,20-21H2,1-3H3,(H2,36,39);1-4,7,12-13,16,20-24,32,38H,5-6,8-11,14-15,17-18H2,(H2,31,35). The number of piperidine rings is 2. The summed E-state index contributed by atoms with van der Waals surface area (Å²) < 4.78 is 30.7. The van der Waals surface area contributed by atoms with Gasteiger partial charge in [-0.3, -0.25) is 0 Å². The third-order valence-corrected chi connectivity index (χ3v) is 18.5.